The van der Waals surface area contributed by atoms with Crippen LogP contribution in [0.15, 0.2) is 0 Å². The van der Waals surface area contributed by atoms with Crippen LogP contribution in [0.1, 0.15) is 52.4 Å². The highest BCUT2D eigenvalue weighted by atomic mass is 16.5. The summed E-state index contributed by atoms with van der Waals surface area (Å²) in [5, 5.41) is 0. The molecule has 1 rings (SSSR count). The van der Waals surface area contributed by atoms with Gasteiger partial charge < -0.3 is 10.5 Å². The molecular formula is C14H29NO. The first-order valence-electron chi connectivity index (χ1n) is 6.91. The normalized spacial score (nSPS) is 30.0. The van der Waals surface area contributed by atoms with E-state index in [1.54, 1.807) is 7.11 Å². The molecule has 1 aliphatic carbocycles. The summed E-state index contributed by atoms with van der Waals surface area (Å²) in [6.45, 7) is 5.40. The molecule has 1 aliphatic rings. The number of hydrogen-bond donors (Lipinski definition) is 1. The summed E-state index contributed by atoms with van der Waals surface area (Å²) in [5.41, 5.74) is 6.34. The van der Waals surface area contributed by atoms with E-state index in [1.807, 2.05) is 0 Å². The molecule has 0 aromatic rings. The maximum absolute atomic E-state index is 6.34. The van der Waals surface area contributed by atoms with Crippen molar-refractivity contribution in [1.29, 1.82) is 0 Å². The van der Waals surface area contributed by atoms with E-state index in [4.69, 9.17) is 10.5 Å². The zero-order chi connectivity index (χ0) is 12.0. The lowest BCUT2D eigenvalue weighted by Crippen LogP contribution is -2.35. The molecule has 0 amide bonds. The third-order valence-electron chi connectivity index (χ3n) is 4.13. The Hall–Kier alpha value is -0.0800. The van der Waals surface area contributed by atoms with Crippen LogP contribution >= 0.6 is 0 Å². The van der Waals surface area contributed by atoms with Gasteiger partial charge in [-0.1, -0.05) is 33.1 Å². The van der Waals surface area contributed by atoms with Crippen molar-refractivity contribution >= 4 is 0 Å². The summed E-state index contributed by atoms with van der Waals surface area (Å²) in [6, 6.07) is 0.388. The van der Waals surface area contributed by atoms with Gasteiger partial charge in [0.1, 0.15) is 0 Å². The average molecular weight is 227 g/mol. The van der Waals surface area contributed by atoms with Gasteiger partial charge in [-0.3, -0.25) is 0 Å². The molecule has 0 heterocycles. The Labute approximate surface area is 101 Å². The summed E-state index contributed by atoms with van der Waals surface area (Å²) in [6.07, 6.45) is 7.96. The molecule has 0 spiro atoms. The Morgan fingerprint density at radius 3 is 2.75 bits per heavy atom. The molecule has 96 valence electrons. The highest BCUT2D eigenvalue weighted by molar-refractivity contribution is 4.81. The molecule has 2 heteroatoms. The van der Waals surface area contributed by atoms with Gasteiger partial charge in [0.05, 0.1) is 0 Å². The molecule has 1 saturated carbocycles. The van der Waals surface area contributed by atoms with E-state index in [2.05, 4.69) is 13.8 Å². The average Bonchev–Trinajstić information content (AvgIpc) is 2.29. The first-order valence-corrected chi connectivity index (χ1v) is 6.91. The fraction of sp³-hybridized carbons (Fsp3) is 1.00. The fourth-order valence-electron chi connectivity index (χ4n) is 3.10. The van der Waals surface area contributed by atoms with Crippen molar-refractivity contribution in [3.8, 4) is 0 Å². The van der Waals surface area contributed by atoms with E-state index in [0.717, 1.165) is 24.9 Å². The molecule has 0 aromatic carbocycles. The minimum absolute atomic E-state index is 0.388. The van der Waals surface area contributed by atoms with E-state index >= 15 is 0 Å². The summed E-state index contributed by atoms with van der Waals surface area (Å²) in [5.74, 6) is 2.29. The standard InChI is InChI=1S/C14H29NO/c1-4-12-6-5-7-13(9-12)14(15)8-11(2)10-16-3/h11-14H,4-10,15H2,1-3H3. The van der Waals surface area contributed by atoms with E-state index in [1.165, 1.54) is 32.1 Å². The monoisotopic (exact) mass is 227 g/mol. The van der Waals surface area contributed by atoms with E-state index < -0.39 is 0 Å². The van der Waals surface area contributed by atoms with Crippen molar-refractivity contribution < 1.29 is 4.74 Å². The van der Waals surface area contributed by atoms with Gasteiger partial charge in [-0.15, -0.1) is 0 Å². The van der Waals surface area contributed by atoms with Gasteiger partial charge in [0, 0.05) is 19.8 Å². The van der Waals surface area contributed by atoms with E-state index in [0.29, 0.717) is 12.0 Å². The van der Waals surface area contributed by atoms with Crippen LogP contribution in [0, 0.1) is 17.8 Å². The lowest BCUT2D eigenvalue weighted by molar-refractivity contribution is 0.139. The summed E-state index contributed by atoms with van der Waals surface area (Å²) in [7, 11) is 1.77. The first kappa shape index (κ1) is 14.0. The molecule has 0 saturated heterocycles. The third kappa shape index (κ3) is 4.42. The van der Waals surface area contributed by atoms with E-state index in [-0.39, 0.29) is 0 Å². The van der Waals surface area contributed by atoms with Crippen molar-refractivity contribution in [2.75, 3.05) is 13.7 Å². The maximum atomic E-state index is 6.34. The topological polar surface area (TPSA) is 35.2 Å². The second kappa shape index (κ2) is 7.29. The Bertz CT molecular complexity index is 184. The highest BCUT2D eigenvalue weighted by Gasteiger charge is 2.26. The van der Waals surface area contributed by atoms with Crippen LogP contribution < -0.4 is 5.73 Å². The molecule has 0 bridgehead atoms. The van der Waals surface area contributed by atoms with Crippen molar-refractivity contribution in [1.82, 2.24) is 0 Å². The molecule has 4 atom stereocenters. The van der Waals surface area contributed by atoms with Crippen LogP contribution in [0.5, 0.6) is 0 Å². The predicted molar refractivity (Wildman–Crippen MR) is 69.4 cm³/mol. The molecular weight excluding hydrogens is 198 g/mol. The van der Waals surface area contributed by atoms with Crippen LogP contribution in [0.25, 0.3) is 0 Å². The van der Waals surface area contributed by atoms with Crippen LogP contribution in [-0.4, -0.2) is 19.8 Å². The second-order valence-corrected chi connectivity index (χ2v) is 5.66. The SMILES string of the molecule is CCC1CCCC(C(N)CC(C)COC)C1. The zero-order valence-electron chi connectivity index (χ0n) is 11.2. The number of ether oxygens (including phenoxy) is 1. The first-order chi connectivity index (χ1) is 7.67. The molecule has 1 fully saturated rings. The van der Waals surface area contributed by atoms with Gasteiger partial charge in [0.25, 0.3) is 0 Å². The van der Waals surface area contributed by atoms with Crippen LogP contribution in [0.2, 0.25) is 0 Å². The van der Waals surface area contributed by atoms with Crippen molar-refractivity contribution in [3.63, 3.8) is 0 Å². The van der Waals surface area contributed by atoms with Gasteiger partial charge in [-0.25, -0.2) is 0 Å². The summed E-state index contributed by atoms with van der Waals surface area (Å²) in [4.78, 5) is 0. The lowest BCUT2D eigenvalue weighted by Gasteiger charge is -2.33. The number of nitrogens with two attached hydrogens (primary N) is 1. The van der Waals surface area contributed by atoms with Gasteiger partial charge in [-0.2, -0.15) is 0 Å². The lowest BCUT2D eigenvalue weighted by atomic mass is 9.75. The molecule has 16 heavy (non-hydrogen) atoms. The largest absolute Gasteiger partial charge is 0.384 e. The van der Waals surface area contributed by atoms with Crippen molar-refractivity contribution in [3.05, 3.63) is 0 Å². The second-order valence-electron chi connectivity index (χ2n) is 5.66. The fourth-order valence-corrected chi connectivity index (χ4v) is 3.10. The molecule has 2 nitrogen and oxygen atoms in total. The number of hydrogen-bond acceptors (Lipinski definition) is 2. The molecule has 4 unspecified atom stereocenters. The minimum atomic E-state index is 0.388. The number of methoxy groups -OCH3 is 1. The Morgan fingerprint density at radius 1 is 1.38 bits per heavy atom. The summed E-state index contributed by atoms with van der Waals surface area (Å²) >= 11 is 0. The van der Waals surface area contributed by atoms with Gasteiger partial charge >= 0.3 is 0 Å². The maximum Gasteiger partial charge on any atom is 0.0488 e. The van der Waals surface area contributed by atoms with Crippen LogP contribution in [0.3, 0.4) is 0 Å². The van der Waals surface area contributed by atoms with Gasteiger partial charge in [0.2, 0.25) is 0 Å². The van der Waals surface area contributed by atoms with E-state index in [9.17, 15) is 0 Å². The zero-order valence-corrected chi connectivity index (χ0v) is 11.2. The van der Waals surface area contributed by atoms with Gasteiger partial charge in [0.15, 0.2) is 0 Å². The van der Waals surface area contributed by atoms with Crippen molar-refractivity contribution in [2.45, 2.75) is 58.4 Å². The Morgan fingerprint density at radius 2 is 2.12 bits per heavy atom. The smallest absolute Gasteiger partial charge is 0.0488 e. The van der Waals surface area contributed by atoms with Crippen LogP contribution in [0.4, 0.5) is 0 Å². The molecule has 0 aromatic heterocycles. The Balaban J connectivity index is 2.32. The molecule has 2 N–H and O–H groups in total. The highest BCUT2D eigenvalue weighted by Crippen LogP contribution is 2.33. The van der Waals surface area contributed by atoms with Crippen LogP contribution in [-0.2, 0) is 4.74 Å². The van der Waals surface area contributed by atoms with Gasteiger partial charge in [-0.05, 0) is 37.0 Å². The molecule has 0 radical (unpaired) electrons. The minimum Gasteiger partial charge on any atom is -0.384 e. The quantitative estimate of drug-likeness (QED) is 0.756. The third-order valence-corrected chi connectivity index (χ3v) is 4.13. The molecule has 0 aliphatic heterocycles. The Kier molecular flexibility index (Phi) is 6.37. The summed E-state index contributed by atoms with van der Waals surface area (Å²) < 4.78 is 5.18. The van der Waals surface area contributed by atoms with Crippen molar-refractivity contribution in [2.24, 2.45) is 23.5 Å². The predicted octanol–water partition coefficient (Wildman–Crippen LogP) is 3.20. The number of rotatable bonds is 6.